The highest BCUT2D eigenvalue weighted by Gasteiger charge is 2.52. The predicted molar refractivity (Wildman–Crippen MR) is 96.6 cm³/mol. The Kier molecular flexibility index (Phi) is 3.06. The van der Waals surface area contributed by atoms with Gasteiger partial charge in [-0.1, -0.05) is 24.3 Å². The molecular weight excluding hydrogens is 334 g/mol. The maximum absolute atomic E-state index is 12.9. The van der Waals surface area contributed by atoms with E-state index in [9.17, 15) is 9.59 Å². The number of carbonyl (C=O) groups excluding carboxylic acids is 2. The predicted octanol–water partition coefficient (Wildman–Crippen LogP) is 3.53. The van der Waals surface area contributed by atoms with Crippen molar-refractivity contribution < 1.29 is 9.59 Å². The number of urea groups is 1. The van der Waals surface area contributed by atoms with Gasteiger partial charge in [0, 0.05) is 34.4 Å². The quantitative estimate of drug-likeness (QED) is 0.718. The molecule has 0 aliphatic carbocycles. The number of H-pyrrole nitrogens is 1. The van der Waals surface area contributed by atoms with Crippen molar-refractivity contribution in [1.82, 2.24) is 14.8 Å². The fraction of sp³-hybridized carbons (Fsp3) is 0.263. The van der Waals surface area contributed by atoms with Gasteiger partial charge in [-0.25, -0.2) is 4.79 Å². The van der Waals surface area contributed by atoms with Gasteiger partial charge in [0.2, 0.25) is 0 Å². The van der Waals surface area contributed by atoms with E-state index < -0.39 is 6.04 Å². The molecule has 1 fully saturated rings. The molecule has 2 aliphatic heterocycles. The van der Waals surface area contributed by atoms with Crippen LogP contribution in [0.25, 0.3) is 10.9 Å². The summed E-state index contributed by atoms with van der Waals surface area (Å²) in [7, 11) is 0. The summed E-state index contributed by atoms with van der Waals surface area (Å²) in [5.74, 6) is -0.0787. The number of nitrogens with zero attached hydrogens (tertiary/aromatic N) is 2. The highest BCUT2D eigenvalue weighted by Crippen LogP contribution is 2.44. The molecule has 0 bridgehead atoms. The molecule has 1 saturated heterocycles. The number of para-hydroxylation sites is 1. The van der Waals surface area contributed by atoms with Gasteiger partial charge in [-0.2, -0.15) is 0 Å². The molecule has 5 nitrogen and oxygen atoms in total. The number of rotatable bonds is 2. The minimum absolute atomic E-state index is 0.0787. The second kappa shape index (κ2) is 5.20. The Morgan fingerprint density at radius 1 is 1.20 bits per heavy atom. The molecule has 1 N–H and O–H groups in total. The van der Waals surface area contributed by atoms with Crippen molar-refractivity contribution in [2.75, 3.05) is 6.54 Å². The minimum atomic E-state index is -0.411. The topological polar surface area (TPSA) is 56.4 Å². The second-order valence-electron chi connectivity index (χ2n) is 6.47. The van der Waals surface area contributed by atoms with Gasteiger partial charge in [0.05, 0.1) is 0 Å². The number of thiophene rings is 1. The number of fused-ring (bicyclic) bond motifs is 4. The molecule has 0 saturated carbocycles. The van der Waals surface area contributed by atoms with Crippen LogP contribution < -0.4 is 0 Å². The van der Waals surface area contributed by atoms with E-state index in [0.29, 0.717) is 13.0 Å². The van der Waals surface area contributed by atoms with Gasteiger partial charge in [-0.15, -0.1) is 11.3 Å². The lowest BCUT2D eigenvalue weighted by Crippen LogP contribution is -2.43. The van der Waals surface area contributed by atoms with E-state index in [2.05, 4.69) is 11.1 Å². The summed E-state index contributed by atoms with van der Waals surface area (Å²) >= 11 is 1.62. The molecule has 5 rings (SSSR count). The van der Waals surface area contributed by atoms with Gasteiger partial charge in [0.1, 0.15) is 12.1 Å². The molecule has 2 aliphatic rings. The molecule has 2 aromatic heterocycles. The fourth-order valence-corrected chi connectivity index (χ4v) is 5.00. The SMILES string of the molecule is CCN1C(=O)[C@H]2Cc3c([nH]c4ccccc34)[C@H](c3cccs3)N2C1=O. The number of carbonyl (C=O) groups is 2. The first-order valence-corrected chi connectivity index (χ1v) is 9.35. The average Bonchev–Trinajstić information content (AvgIpc) is 3.32. The number of amides is 3. The van der Waals surface area contributed by atoms with Crippen LogP contribution in [-0.4, -0.2) is 39.3 Å². The summed E-state index contributed by atoms with van der Waals surface area (Å²) < 4.78 is 0. The van der Waals surface area contributed by atoms with Crippen LogP contribution in [-0.2, 0) is 11.2 Å². The number of imide groups is 1. The van der Waals surface area contributed by atoms with Crippen molar-refractivity contribution in [3.8, 4) is 0 Å². The van der Waals surface area contributed by atoms with Crippen LogP contribution in [0.4, 0.5) is 4.79 Å². The third-order valence-electron chi connectivity index (χ3n) is 5.26. The Morgan fingerprint density at radius 3 is 2.80 bits per heavy atom. The lowest BCUT2D eigenvalue weighted by molar-refractivity contribution is -0.128. The van der Waals surface area contributed by atoms with Gasteiger partial charge in [-0.05, 0) is 30.0 Å². The Morgan fingerprint density at radius 2 is 2.04 bits per heavy atom. The lowest BCUT2D eigenvalue weighted by atomic mass is 9.91. The summed E-state index contributed by atoms with van der Waals surface area (Å²) in [6.45, 7) is 2.26. The van der Waals surface area contributed by atoms with Crippen molar-refractivity contribution in [2.24, 2.45) is 0 Å². The van der Waals surface area contributed by atoms with Crippen LogP contribution in [0.2, 0.25) is 0 Å². The number of nitrogens with one attached hydrogen (secondary N) is 1. The van der Waals surface area contributed by atoms with E-state index in [1.54, 1.807) is 16.2 Å². The zero-order valence-corrected chi connectivity index (χ0v) is 14.5. The van der Waals surface area contributed by atoms with Crippen molar-refractivity contribution in [3.63, 3.8) is 0 Å². The van der Waals surface area contributed by atoms with Crippen molar-refractivity contribution in [2.45, 2.75) is 25.4 Å². The Bertz CT molecular complexity index is 991. The summed E-state index contributed by atoms with van der Waals surface area (Å²) in [6, 6.07) is 11.4. The van der Waals surface area contributed by atoms with E-state index in [1.807, 2.05) is 42.6 Å². The third kappa shape index (κ3) is 1.88. The first-order valence-electron chi connectivity index (χ1n) is 8.47. The zero-order valence-electron chi connectivity index (χ0n) is 13.7. The fourth-order valence-electron chi connectivity index (χ4n) is 4.17. The van der Waals surface area contributed by atoms with Gasteiger partial charge in [-0.3, -0.25) is 14.6 Å². The van der Waals surface area contributed by atoms with Crippen LogP contribution >= 0.6 is 11.3 Å². The molecule has 4 heterocycles. The molecule has 0 radical (unpaired) electrons. The number of likely N-dealkylation sites (N-methyl/N-ethyl adjacent to an activating group) is 1. The number of hydrogen-bond donors (Lipinski definition) is 1. The van der Waals surface area contributed by atoms with Gasteiger partial charge < -0.3 is 4.98 Å². The highest BCUT2D eigenvalue weighted by atomic mass is 32.1. The zero-order chi connectivity index (χ0) is 17.1. The molecule has 1 aromatic carbocycles. The molecular formula is C19H17N3O2S. The van der Waals surface area contributed by atoms with Crippen molar-refractivity contribution in [3.05, 3.63) is 57.9 Å². The normalized spacial score (nSPS) is 22.6. The molecule has 6 heteroatoms. The third-order valence-corrected chi connectivity index (χ3v) is 6.19. The van der Waals surface area contributed by atoms with E-state index in [-0.39, 0.29) is 18.0 Å². The second-order valence-corrected chi connectivity index (χ2v) is 7.45. The first kappa shape index (κ1) is 14.7. The summed E-state index contributed by atoms with van der Waals surface area (Å²) in [5.41, 5.74) is 3.26. The number of benzene rings is 1. The molecule has 126 valence electrons. The molecule has 0 unspecified atom stereocenters. The molecule has 0 spiro atoms. The van der Waals surface area contributed by atoms with Crippen LogP contribution in [0, 0.1) is 0 Å². The number of aromatic amines is 1. The Labute approximate surface area is 148 Å². The van der Waals surface area contributed by atoms with Gasteiger partial charge in [0.15, 0.2) is 0 Å². The van der Waals surface area contributed by atoms with E-state index >= 15 is 0 Å². The van der Waals surface area contributed by atoms with E-state index in [1.165, 1.54) is 4.90 Å². The molecule has 3 aromatic rings. The summed E-state index contributed by atoms with van der Waals surface area (Å²) in [4.78, 5) is 33.5. The molecule has 3 amide bonds. The van der Waals surface area contributed by atoms with E-state index in [0.717, 1.165) is 27.0 Å². The standard InChI is InChI=1S/C19H17N3O2S/c1-2-21-18(23)14-10-12-11-6-3-4-7-13(11)20-16(12)17(22(14)19(21)24)15-8-5-9-25-15/h3-9,14,17,20H,2,10H2,1H3/t14-,17+/m1/s1. The van der Waals surface area contributed by atoms with Gasteiger partial charge >= 0.3 is 6.03 Å². The van der Waals surface area contributed by atoms with Crippen molar-refractivity contribution >= 4 is 34.2 Å². The minimum Gasteiger partial charge on any atom is -0.356 e. The van der Waals surface area contributed by atoms with Crippen molar-refractivity contribution in [1.29, 1.82) is 0 Å². The van der Waals surface area contributed by atoms with Crippen LogP contribution in [0.15, 0.2) is 41.8 Å². The van der Waals surface area contributed by atoms with E-state index in [4.69, 9.17) is 0 Å². The maximum Gasteiger partial charge on any atom is 0.328 e. The van der Waals surface area contributed by atoms with Crippen LogP contribution in [0.5, 0.6) is 0 Å². The maximum atomic E-state index is 12.9. The van der Waals surface area contributed by atoms with Gasteiger partial charge in [0.25, 0.3) is 5.91 Å². The average molecular weight is 351 g/mol. The highest BCUT2D eigenvalue weighted by molar-refractivity contribution is 7.10. The largest absolute Gasteiger partial charge is 0.356 e. The Balaban J connectivity index is 1.76. The van der Waals surface area contributed by atoms with Crippen LogP contribution in [0.1, 0.15) is 29.1 Å². The first-order chi connectivity index (χ1) is 12.2. The molecule has 25 heavy (non-hydrogen) atoms. The van der Waals surface area contributed by atoms with Crippen LogP contribution in [0.3, 0.4) is 0 Å². The Hall–Kier alpha value is -2.60. The smallest absolute Gasteiger partial charge is 0.328 e. The number of hydrogen-bond acceptors (Lipinski definition) is 3. The lowest BCUT2D eigenvalue weighted by Gasteiger charge is -2.35. The summed E-state index contributed by atoms with van der Waals surface area (Å²) in [5, 5.41) is 3.16. The summed E-state index contributed by atoms with van der Waals surface area (Å²) in [6.07, 6.45) is 0.572. The molecule has 2 atom stereocenters. The number of aromatic nitrogens is 1. The monoisotopic (exact) mass is 351 g/mol.